The summed E-state index contributed by atoms with van der Waals surface area (Å²) < 4.78 is 5.17. The number of hydrogen-bond acceptors (Lipinski definition) is 3. The first-order valence-corrected chi connectivity index (χ1v) is 6.78. The highest BCUT2D eigenvalue weighted by Crippen LogP contribution is 2.27. The number of nitrogens with one attached hydrogen (secondary N) is 1. The molecule has 3 N–H and O–H groups in total. The number of anilines is 1. The maximum atomic E-state index is 11.7. The van der Waals surface area contributed by atoms with Crippen LogP contribution >= 0.6 is 11.6 Å². The molecule has 1 aromatic rings. The molecule has 0 aromatic heterocycles. The molecule has 1 amide bonds. The Kier molecular flexibility index (Phi) is 5.60. The molecule has 0 fully saturated rings. The standard InChI is InChI=1S/C15H21ClN2O2/c1-10(7-8-17)11-5-6-13(12(16)9-11)18-14(19)20-15(2,3)4/h5-6,9H,1,7-8,17H2,2-4H3,(H,18,19). The molecule has 0 saturated heterocycles. The molecule has 1 aromatic carbocycles. The maximum absolute atomic E-state index is 11.7. The van der Waals surface area contributed by atoms with Crippen molar-refractivity contribution in [3.63, 3.8) is 0 Å². The average Bonchev–Trinajstić information content (AvgIpc) is 2.29. The number of ether oxygens (including phenoxy) is 1. The van der Waals surface area contributed by atoms with Crippen molar-refractivity contribution < 1.29 is 9.53 Å². The molecule has 0 aliphatic carbocycles. The Balaban J connectivity index is 2.79. The van der Waals surface area contributed by atoms with Crippen molar-refractivity contribution >= 4 is 29.0 Å². The Morgan fingerprint density at radius 3 is 2.60 bits per heavy atom. The van der Waals surface area contributed by atoms with Gasteiger partial charge in [-0.1, -0.05) is 24.2 Å². The Morgan fingerprint density at radius 1 is 1.45 bits per heavy atom. The van der Waals surface area contributed by atoms with Gasteiger partial charge in [0.2, 0.25) is 0 Å². The fraction of sp³-hybridized carbons (Fsp3) is 0.400. The lowest BCUT2D eigenvalue weighted by Crippen LogP contribution is -2.27. The van der Waals surface area contributed by atoms with Crippen molar-refractivity contribution in [3.8, 4) is 0 Å². The van der Waals surface area contributed by atoms with Crippen LogP contribution in [0.2, 0.25) is 5.02 Å². The molecule has 110 valence electrons. The lowest BCUT2D eigenvalue weighted by atomic mass is 10.0. The average molecular weight is 297 g/mol. The Morgan fingerprint density at radius 2 is 2.10 bits per heavy atom. The largest absolute Gasteiger partial charge is 0.444 e. The third-order valence-corrected chi connectivity index (χ3v) is 2.77. The SMILES string of the molecule is C=C(CCN)c1ccc(NC(=O)OC(C)(C)C)c(Cl)c1. The fourth-order valence-corrected chi connectivity index (χ4v) is 1.80. The van der Waals surface area contributed by atoms with Crippen LogP contribution in [0.1, 0.15) is 32.8 Å². The van der Waals surface area contributed by atoms with Gasteiger partial charge >= 0.3 is 6.09 Å². The summed E-state index contributed by atoms with van der Waals surface area (Å²) in [6, 6.07) is 5.33. The van der Waals surface area contributed by atoms with Crippen LogP contribution in [0.5, 0.6) is 0 Å². The van der Waals surface area contributed by atoms with E-state index in [1.807, 2.05) is 6.07 Å². The number of carbonyl (C=O) groups excluding carboxylic acids is 1. The second kappa shape index (κ2) is 6.77. The van der Waals surface area contributed by atoms with Crippen molar-refractivity contribution in [2.24, 2.45) is 5.73 Å². The number of halogens is 1. The van der Waals surface area contributed by atoms with Crippen LogP contribution in [0.15, 0.2) is 24.8 Å². The van der Waals surface area contributed by atoms with E-state index in [9.17, 15) is 4.79 Å². The van der Waals surface area contributed by atoms with Crippen LogP contribution in [-0.2, 0) is 4.74 Å². The van der Waals surface area contributed by atoms with E-state index in [0.29, 0.717) is 23.7 Å². The van der Waals surface area contributed by atoms with Crippen LogP contribution in [-0.4, -0.2) is 18.2 Å². The number of rotatable bonds is 4. The quantitative estimate of drug-likeness (QED) is 0.881. The molecule has 0 atom stereocenters. The maximum Gasteiger partial charge on any atom is 0.412 e. The second-order valence-electron chi connectivity index (χ2n) is 5.46. The summed E-state index contributed by atoms with van der Waals surface area (Å²) in [7, 11) is 0. The lowest BCUT2D eigenvalue weighted by molar-refractivity contribution is 0.0636. The van der Waals surface area contributed by atoms with E-state index in [0.717, 1.165) is 11.1 Å². The molecule has 0 aliphatic rings. The van der Waals surface area contributed by atoms with Crippen LogP contribution in [0, 0.1) is 0 Å². The summed E-state index contributed by atoms with van der Waals surface area (Å²) in [6.07, 6.45) is 0.169. The molecule has 4 nitrogen and oxygen atoms in total. The first kappa shape index (κ1) is 16.5. The number of nitrogens with two attached hydrogens (primary N) is 1. The zero-order chi connectivity index (χ0) is 15.3. The van der Waals surface area contributed by atoms with E-state index in [2.05, 4.69) is 11.9 Å². The van der Waals surface area contributed by atoms with Crippen LogP contribution in [0.25, 0.3) is 5.57 Å². The summed E-state index contributed by atoms with van der Waals surface area (Å²) in [6.45, 7) is 9.88. The van der Waals surface area contributed by atoms with Gasteiger partial charge < -0.3 is 10.5 Å². The van der Waals surface area contributed by atoms with Gasteiger partial charge in [0.15, 0.2) is 0 Å². The molecule has 0 saturated carbocycles. The molecule has 0 radical (unpaired) electrons. The molecule has 0 heterocycles. The van der Waals surface area contributed by atoms with Gasteiger partial charge in [0.1, 0.15) is 5.60 Å². The summed E-state index contributed by atoms with van der Waals surface area (Å²) >= 11 is 6.15. The Labute approximate surface area is 124 Å². The van der Waals surface area contributed by atoms with Crippen LogP contribution in [0.4, 0.5) is 10.5 Å². The predicted molar refractivity (Wildman–Crippen MR) is 84.0 cm³/mol. The zero-order valence-electron chi connectivity index (χ0n) is 12.1. The van der Waals surface area contributed by atoms with E-state index in [-0.39, 0.29) is 0 Å². The molecule has 0 unspecified atom stereocenters. The molecular weight excluding hydrogens is 276 g/mol. The molecule has 0 bridgehead atoms. The highest BCUT2D eigenvalue weighted by Gasteiger charge is 2.17. The molecule has 20 heavy (non-hydrogen) atoms. The van der Waals surface area contributed by atoms with Crippen molar-refractivity contribution in [2.45, 2.75) is 32.8 Å². The van der Waals surface area contributed by atoms with Crippen LogP contribution in [0.3, 0.4) is 0 Å². The third kappa shape index (κ3) is 5.23. The zero-order valence-corrected chi connectivity index (χ0v) is 12.9. The number of amides is 1. The summed E-state index contributed by atoms with van der Waals surface area (Å²) in [5.41, 5.74) is 7.27. The minimum Gasteiger partial charge on any atom is -0.444 e. The van der Waals surface area contributed by atoms with Gasteiger partial charge in [-0.15, -0.1) is 0 Å². The summed E-state index contributed by atoms with van der Waals surface area (Å²) in [5.74, 6) is 0. The highest BCUT2D eigenvalue weighted by molar-refractivity contribution is 6.33. The van der Waals surface area contributed by atoms with Gasteiger partial charge in [0.05, 0.1) is 10.7 Å². The Bertz CT molecular complexity index is 507. The molecular formula is C15H21ClN2O2. The topological polar surface area (TPSA) is 64.3 Å². The number of carbonyl (C=O) groups is 1. The first-order chi connectivity index (χ1) is 9.23. The smallest absolute Gasteiger partial charge is 0.412 e. The Hall–Kier alpha value is -1.52. The van der Waals surface area contributed by atoms with Crippen molar-refractivity contribution in [1.29, 1.82) is 0 Å². The molecule has 0 aliphatic heterocycles. The number of hydrogen-bond donors (Lipinski definition) is 2. The summed E-state index contributed by atoms with van der Waals surface area (Å²) in [5, 5.41) is 3.05. The van der Waals surface area contributed by atoms with Gasteiger partial charge in [0, 0.05) is 0 Å². The molecule has 1 rings (SSSR count). The minimum absolute atomic E-state index is 0.437. The fourth-order valence-electron chi connectivity index (χ4n) is 1.57. The van der Waals surface area contributed by atoms with Gasteiger partial charge in [-0.2, -0.15) is 0 Å². The van der Waals surface area contributed by atoms with Crippen molar-refractivity contribution in [2.75, 3.05) is 11.9 Å². The van der Waals surface area contributed by atoms with Gasteiger partial charge in [-0.05, 0) is 57.0 Å². The number of benzene rings is 1. The van der Waals surface area contributed by atoms with E-state index in [1.54, 1.807) is 32.9 Å². The van der Waals surface area contributed by atoms with E-state index in [1.165, 1.54) is 0 Å². The third-order valence-electron chi connectivity index (χ3n) is 2.46. The normalized spacial score (nSPS) is 11.1. The predicted octanol–water partition coefficient (Wildman–Crippen LogP) is 4.05. The van der Waals surface area contributed by atoms with E-state index in [4.69, 9.17) is 22.1 Å². The lowest BCUT2D eigenvalue weighted by Gasteiger charge is -2.20. The monoisotopic (exact) mass is 296 g/mol. The molecule has 5 heteroatoms. The van der Waals surface area contributed by atoms with E-state index >= 15 is 0 Å². The molecule has 0 spiro atoms. The van der Waals surface area contributed by atoms with Crippen molar-refractivity contribution in [1.82, 2.24) is 0 Å². The van der Waals surface area contributed by atoms with Gasteiger partial charge in [-0.25, -0.2) is 4.79 Å². The first-order valence-electron chi connectivity index (χ1n) is 6.40. The van der Waals surface area contributed by atoms with Gasteiger partial charge in [-0.3, -0.25) is 5.32 Å². The highest BCUT2D eigenvalue weighted by atomic mass is 35.5. The summed E-state index contributed by atoms with van der Waals surface area (Å²) in [4.78, 5) is 11.7. The van der Waals surface area contributed by atoms with E-state index < -0.39 is 11.7 Å². The minimum atomic E-state index is -0.550. The van der Waals surface area contributed by atoms with Crippen LogP contribution < -0.4 is 11.1 Å². The second-order valence-corrected chi connectivity index (χ2v) is 5.87. The van der Waals surface area contributed by atoms with Crippen molar-refractivity contribution in [3.05, 3.63) is 35.4 Å². The van der Waals surface area contributed by atoms with Gasteiger partial charge in [0.25, 0.3) is 0 Å².